The van der Waals surface area contributed by atoms with Crippen LogP contribution in [0.2, 0.25) is 0 Å². The van der Waals surface area contributed by atoms with E-state index in [0.717, 1.165) is 31.2 Å². The lowest BCUT2D eigenvalue weighted by atomic mass is 9.68. The van der Waals surface area contributed by atoms with Crippen molar-refractivity contribution in [3.63, 3.8) is 0 Å². The van der Waals surface area contributed by atoms with E-state index in [1.165, 1.54) is 25.7 Å². The van der Waals surface area contributed by atoms with E-state index >= 15 is 0 Å². The van der Waals surface area contributed by atoms with E-state index in [4.69, 9.17) is 0 Å². The highest BCUT2D eigenvalue weighted by atomic mass is 127. The second kappa shape index (κ2) is 9.53. The third kappa shape index (κ3) is 5.08. The number of hydrogen-bond donors (Lipinski definition) is 1. The number of aromatic nitrogens is 1. The molecule has 7 heteroatoms. The van der Waals surface area contributed by atoms with Gasteiger partial charge in [0.25, 0.3) is 0 Å². The highest BCUT2D eigenvalue weighted by Crippen LogP contribution is 2.47. The number of nitrogens with zero attached hydrogens (tertiary/aromatic N) is 4. The minimum absolute atomic E-state index is 0. The van der Waals surface area contributed by atoms with Gasteiger partial charge < -0.3 is 15.1 Å². The van der Waals surface area contributed by atoms with Crippen LogP contribution in [0.3, 0.4) is 0 Å². The summed E-state index contributed by atoms with van der Waals surface area (Å²) in [4.78, 5) is 25.1. The van der Waals surface area contributed by atoms with Crippen molar-refractivity contribution in [2.24, 2.45) is 10.4 Å². The molecular weight excluding hydrogens is 441 g/mol. The molecule has 0 bridgehead atoms. The van der Waals surface area contributed by atoms with E-state index in [9.17, 15) is 4.79 Å². The van der Waals surface area contributed by atoms with E-state index in [-0.39, 0.29) is 36.4 Å². The lowest BCUT2D eigenvalue weighted by molar-refractivity contribution is -0.128. The van der Waals surface area contributed by atoms with Crippen LogP contribution in [0.1, 0.15) is 31.4 Å². The summed E-state index contributed by atoms with van der Waals surface area (Å²) < 4.78 is 0. The van der Waals surface area contributed by atoms with E-state index in [0.29, 0.717) is 12.0 Å². The average molecular weight is 471 g/mol. The molecule has 1 N–H and O–H groups in total. The first-order valence-corrected chi connectivity index (χ1v) is 9.21. The van der Waals surface area contributed by atoms with Crippen LogP contribution >= 0.6 is 24.0 Å². The molecule has 0 radical (unpaired) electrons. The first-order valence-electron chi connectivity index (χ1n) is 9.21. The molecule has 3 rings (SSSR count). The zero-order chi connectivity index (χ0) is 17.7. The molecule has 1 aromatic heterocycles. The zero-order valence-electron chi connectivity index (χ0n) is 15.8. The molecule has 1 saturated heterocycles. The van der Waals surface area contributed by atoms with Crippen LogP contribution in [0.25, 0.3) is 0 Å². The van der Waals surface area contributed by atoms with Crippen molar-refractivity contribution in [1.29, 1.82) is 0 Å². The Morgan fingerprint density at radius 2 is 2.19 bits per heavy atom. The SMILES string of the molecule is CN=C(NCC(=O)N(C)CCc1ccccn1)N1CCC2(CCC2)C1.I. The predicted octanol–water partition coefficient (Wildman–Crippen LogP) is 2.15. The van der Waals surface area contributed by atoms with Gasteiger partial charge in [0, 0.05) is 52.0 Å². The van der Waals surface area contributed by atoms with Crippen LogP contribution in [-0.4, -0.2) is 66.9 Å². The average Bonchev–Trinajstić information content (AvgIpc) is 3.07. The fraction of sp³-hybridized carbons (Fsp3) is 0.632. The van der Waals surface area contributed by atoms with Gasteiger partial charge in [0.15, 0.2) is 5.96 Å². The Morgan fingerprint density at radius 1 is 1.38 bits per heavy atom. The summed E-state index contributed by atoms with van der Waals surface area (Å²) in [7, 11) is 3.64. The van der Waals surface area contributed by atoms with Crippen molar-refractivity contribution >= 4 is 35.8 Å². The standard InChI is InChI=1S/C19H29N5O.HI/c1-20-18(24-13-10-19(15-24)8-5-9-19)22-14-17(25)23(2)12-7-16-6-3-4-11-21-16;/h3-4,6,11H,5,7-10,12-15H2,1-2H3,(H,20,22);1H. The Hall–Kier alpha value is -1.38. The van der Waals surface area contributed by atoms with Gasteiger partial charge in [-0.3, -0.25) is 14.8 Å². The number of halogens is 1. The third-order valence-corrected chi connectivity index (χ3v) is 5.62. The van der Waals surface area contributed by atoms with Gasteiger partial charge in [0.05, 0.1) is 6.54 Å². The van der Waals surface area contributed by atoms with Crippen molar-refractivity contribution in [1.82, 2.24) is 20.1 Å². The van der Waals surface area contributed by atoms with E-state index < -0.39 is 0 Å². The van der Waals surface area contributed by atoms with E-state index in [1.54, 1.807) is 18.1 Å². The summed E-state index contributed by atoms with van der Waals surface area (Å²) in [6.45, 7) is 3.08. The molecule has 2 heterocycles. The highest BCUT2D eigenvalue weighted by Gasteiger charge is 2.43. The van der Waals surface area contributed by atoms with Gasteiger partial charge in [0.1, 0.15) is 0 Å². The number of likely N-dealkylation sites (tertiary alicyclic amines) is 1. The largest absolute Gasteiger partial charge is 0.347 e. The van der Waals surface area contributed by atoms with Gasteiger partial charge in [-0.1, -0.05) is 12.5 Å². The van der Waals surface area contributed by atoms with Crippen LogP contribution in [0, 0.1) is 5.41 Å². The minimum atomic E-state index is 0. The smallest absolute Gasteiger partial charge is 0.241 e. The lowest BCUT2D eigenvalue weighted by Crippen LogP contribution is -2.46. The number of carbonyl (C=O) groups excluding carboxylic acids is 1. The number of hydrogen-bond acceptors (Lipinski definition) is 3. The Labute approximate surface area is 173 Å². The molecule has 1 amide bonds. The second-order valence-electron chi connectivity index (χ2n) is 7.31. The molecule has 1 aliphatic heterocycles. The fourth-order valence-corrected chi connectivity index (χ4v) is 3.78. The highest BCUT2D eigenvalue weighted by molar-refractivity contribution is 14.0. The van der Waals surface area contributed by atoms with E-state index in [1.807, 2.05) is 25.2 Å². The predicted molar refractivity (Wildman–Crippen MR) is 115 cm³/mol. The number of guanidine groups is 1. The third-order valence-electron chi connectivity index (χ3n) is 5.62. The summed E-state index contributed by atoms with van der Waals surface area (Å²) >= 11 is 0. The quantitative estimate of drug-likeness (QED) is 0.406. The summed E-state index contributed by atoms with van der Waals surface area (Å²) in [6.07, 6.45) is 7.86. The first-order chi connectivity index (χ1) is 12.1. The van der Waals surface area contributed by atoms with Crippen molar-refractivity contribution in [2.75, 3.05) is 40.3 Å². The number of carbonyl (C=O) groups is 1. The normalized spacial score (nSPS) is 18.2. The number of rotatable bonds is 5. The molecule has 0 atom stereocenters. The van der Waals surface area contributed by atoms with Gasteiger partial charge in [-0.15, -0.1) is 24.0 Å². The molecular formula is C19H30IN5O. The van der Waals surface area contributed by atoms with E-state index in [2.05, 4.69) is 20.2 Å². The van der Waals surface area contributed by atoms with Crippen LogP contribution in [-0.2, 0) is 11.2 Å². The summed E-state index contributed by atoms with van der Waals surface area (Å²) in [5.74, 6) is 0.935. The van der Waals surface area contributed by atoms with Crippen molar-refractivity contribution < 1.29 is 4.79 Å². The Morgan fingerprint density at radius 3 is 2.77 bits per heavy atom. The summed E-state index contributed by atoms with van der Waals surface area (Å²) in [6, 6.07) is 5.86. The number of nitrogens with one attached hydrogen (secondary N) is 1. The molecule has 0 unspecified atom stereocenters. The number of aliphatic imine (C=N–C) groups is 1. The lowest BCUT2D eigenvalue weighted by Gasteiger charge is -2.38. The number of likely N-dealkylation sites (N-methyl/N-ethyl adjacent to an activating group) is 1. The zero-order valence-corrected chi connectivity index (χ0v) is 18.1. The maximum atomic E-state index is 12.4. The van der Waals surface area contributed by atoms with Gasteiger partial charge in [-0.05, 0) is 36.8 Å². The van der Waals surface area contributed by atoms with Crippen molar-refractivity contribution in [3.05, 3.63) is 30.1 Å². The van der Waals surface area contributed by atoms with Crippen LogP contribution in [0.5, 0.6) is 0 Å². The first kappa shape index (κ1) is 20.9. The Balaban J connectivity index is 0.00000243. The maximum absolute atomic E-state index is 12.4. The fourth-order valence-electron chi connectivity index (χ4n) is 3.78. The Bertz CT molecular complexity index is 618. The van der Waals surface area contributed by atoms with Crippen molar-refractivity contribution in [2.45, 2.75) is 32.1 Å². The molecule has 0 aromatic carbocycles. The summed E-state index contributed by atoms with van der Waals surface area (Å²) in [5.41, 5.74) is 1.54. The van der Waals surface area contributed by atoms with Crippen LogP contribution in [0.15, 0.2) is 29.4 Å². The maximum Gasteiger partial charge on any atom is 0.241 e. The number of amides is 1. The number of pyridine rings is 1. The molecule has 1 saturated carbocycles. The van der Waals surface area contributed by atoms with Gasteiger partial charge in [0.2, 0.25) is 5.91 Å². The minimum Gasteiger partial charge on any atom is -0.347 e. The molecule has 26 heavy (non-hydrogen) atoms. The Kier molecular flexibility index (Phi) is 7.67. The molecule has 1 spiro atoms. The molecule has 2 fully saturated rings. The summed E-state index contributed by atoms with van der Waals surface area (Å²) in [5, 5.41) is 3.25. The van der Waals surface area contributed by atoms with Gasteiger partial charge in [-0.25, -0.2) is 0 Å². The van der Waals surface area contributed by atoms with Gasteiger partial charge in [-0.2, -0.15) is 0 Å². The van der Waals surface area contributed by atoms with Crippen molar-refractivity contribution in [3.8, 4) is 0 Å². The van der Waals surface area contributed by atoms with Gasteiger partial charge >= 0.3 is 0 Å². The molecule has 6 nitrogen and oxygen atoms in total. The van der Waals surface area contributed by atoms with Crippen LogP contribution < -0.4 is 5.32 Å². The topological polar surface area (TPSA) is 60.8 Å². The molecule has 1 aromatic rings. The van der Waals surface area contributed by atoms with Crippen LogP contribution in [0.4, 0.5) is 0 Å². The molecule has 1 aliphatic carbocycles. The second-order valence-corrected chi connectivity index (χ2v) is 7.31. The monoisotopic (exact) mass is 471 g/mol. The molecule has 144 valence electrons. The molecule has 2 aliphatic rings.